The fraction of sp³-hybridized carbons (Fsp3) is 0.333. The molecule has 0 aliphatic rings. The van der Waals surface area contributed by atoms with Gasteiger partial charge in [-0.05, 0) is 30.5 Å². The zero-order chi connectivity index (χ0) is 16.1. The Labute approximate surface area is 128 Å². The van der Waals surface area contributed by atoms with Crippen LogP contribution in [-0.2, 0) is 4.79 Å². The number of nitrogens with zero attached hydrogens (tertiary/aromatic N) is 3. The largest absolute Gasteiger partial charge is 0.480 e. The van der Waals surface area contributed by atoms with Crippen molar-refractivity contribution >= 4 is 11.9 Å². The summed E-state index contributed by atoms with van der Waals surface area (Å²) in [6.45, 7) is 3.82. The molecule has 0 aliphatic carbocycles. The number of aromatic nitrogens is 3. The maximum Gasteiger partial charge on any atom is 0.326 e. The highest BCUT2D eigenvalue weighted by Gasteiger charge is 2.21. The van der Waals surface area contributed by atoms with E-state index in [-0.39, 0.29) is 5.92 Å². The van der Waals surface area contributed by atoms with Gasteiger partial charge in [0.1, 0.15) is 18.7 Å². The van der Waals surface area contributed by atoms with Gasteiger partial charge in [-0.15, -0.1) is 0 Å². The first kappa shape index (κ1) is 15.7. The Morgan fingerprint density at radius 1 is 1.36 bits per heavy atom. The third-order valence-corrected chi connectivity index (χ3v) is 3.10. The predicted octanol–water partition coefficient (Wildman–Crippen LogP) is 1.50. The van der Waals surface area contributed by atoms with Crippen LogP contribution >= 0.6 is 0 Å². The minimum Gasteiger partial charge on any atom is -0.480 e. The van der Waals surface area contributed by atoms with Crippen LogP contribution in [0, 0.1) is 5.92 Å². The lowest BCUT2D eigenvalue weighted by Crippen LogP contribution is -2.41. The number of carboxylic acid groups (broad SMARTS) is 1. The molecule has 0 unspecified atom stereocenters. The summed E-state index contributed by atoms with van der Waals surface area (Å²) in [7, 11) is 0. The van der Waals surface area contributed by atoms with Gasteiger partial charge in [-0.25, -0.2) is 14.5 Å². The van der Waals surface area contributed by atoms with Gasteiger partial charge in [0, 0.05) is 5.56 Å². The summed E-state index contributed by atoms with van der Waals surface area (Å²) in [5, 5.41) is 15.7. The number of rotatable bonds is 6. The first-order valence-electron chi connectivity index (χ1n) is 6.96. The Morgan fingerprint density at radius 2 is 2.14 bits per heavy atom. The second-order valence-corrected chi connectivity index (χ2v) is 5.38. The first-order valence-corrected chi connectivity index (χ1v) is 6.96. The maximum atomic E-state index is 12.2. The van der Waals surface area contributed by atoms with Gasteiger partial charge < -0.3 is 10.4 Å². The molecule has 2 N–H and O–H groups in total. The van der Waals surface area contributed by atoms with Gasteiger partial charge >= 0.3 is 5.97 Å². The van der Waals surface area contributed by atoms with Crippen LogP contribution in [0.15, 0.2) is 36.9 Å². The van der Waals surface area contributed by atoms with Crippen LogP contribution in [0.2, 0.25) is 0 Å². The summed E-state index contributed by atoms with van der Waals surface area (Å²) in [6.07, 6.45) is 3.30. The highest BCUT2D eigenvalue weighted by atomic mass is 16.4. The molecule has 7 nitrogen and oxygen atoms in total. The normalized spacial score (nSPS) is 12.1. The number of amides is 1. The molecule has 0 saturated carbocycles. The Balaban J connectivity index is 2.15. The fourth-order valence-electron chi connectivity index (χ4n) is 2.07. The molecule has 1 amide bonds. The molecule has 2 rings (SSSR count). The van der Waals surface area contributed by atoms with E-state index in [1.807, 2.05) is 13.8 Å². The number of nitrogens with one attached hydrogen (secondary N) is 1. The molecule has 1 aromatic heterocycles. The molecule has 22 heavy (non-hydrogen) atoms. The molecule has 0 fully saturated rings. The van der Waals surface area contributed by atoms with E-state index in [0.717, 1.165) is 0 Å². The van der Waals surface area contributed by atoms with Crippen LogP contribution in [0.1, 0.15) is 30.6 Å². The predicted molar refractivity (Wildman–Crippen MR) is 79.7 cm³/mol. The topological polar surface area (TPSA) is 97.1 Å². The molecule has 0 bridgehead atoms. The van der Waals surface area contributed by atoms with Crippen molar-refractivity contribution in [2.45, 2.75) is 26.3 Å². The second kappa shape index (κ2) is 6.84. The molecule has 0 spiro atoms. The van der Waals surface area contributed by atoms with Crippen molar-refractivity contribution in [3.8, 4) is 5.69 Å². The van der Waals surface area contributed by atoms with Crippen molar-refractivity contribution in [1.29, 1.82) is 0 Å². The quantitative estimate of drug-likeness (QED) is 0.842. The zero-order valence-corrected chi connectivity index (χ0v) is 12.4. The Morgan fingerprint density at radius 3 is 2.73 bits per heavy atom. The van der Waals surface area contributed by atoms with Gasteiger partial charge in [0.15, 0.2) is 0 Å². The van der Waals surface area contributed by atoms with Crippen molar-refractivity contribution in [1.82, 2.24) is 20.1 Å². The van der Waals surface area contributed by atoms with E-state index >= 15 is 0 Å². The molecular weight excluding hydrogens is 284 g/mol. The fourth-order valence-corrected chi connectivity index (χ4v) is 2.07. The van der Waals surface area contributed by atoms with Crippen LogP contribution in [0.4, 0.5) is 0 Å². The van der Waals surface area contributed by atoms with Gasteiger partial charge in [-0.1, -0.05) is 19.9 Å². The summed E-state index contributed by atoms with van der Waals surface area (Å²) in [5.74, 6) is -1.28. The van der Waals surface area contributed by atoms with Crippen molar-refractivity contribution in [3.05, 3.63) is 42.5 Å². The van der Waals surface area contributed by atoms with E-state index in [1.54, 1.807) is 24.3 Å². The highest BCUT2D eigenvalue weighted by Crippen LogP contribution is 2.11. The lowest BCUT2D eigenvalue weighted by molar-refractivity contribution is -0.139. The van der Waals surface area contributed by atoms with E-state index in [9.17, 15) is 14.7 Å². The standard InChI is InChI=1S/C15H18N4O3/c1-10(2)6-13(15(21)22)18-14(20)11-4-3-5-12(7-11)19-9-16-8-17-19/h3-5,7-10,13H,6H2,1-2H3,(H,18,20)(H,21,22)/t13-/m0/s1. The molecule has 116 valence electrons. The van der Waals surface area contributed by atoms with Gasteiger partial charge in [-0.2, -0.15) is 5.10 Å². The highest BCUT2D eigenvalue weighted by molar-refractivity contribution is 5.97. The van der Waals surface area contributed by atoms with E-state index < -0.39 is 17.9 Å². The number of aliphatic carboxylic acids is 1. The average Bonchev–Trinajstić information content (AvgIpc) is 3.00. The number of hydrogen-bond acceptors (Lipinski definition) is 4. The lowest BCUT2D eigenvalue weighted by atomic mass is 10.0. The zero-order valence-electron chi connectivity index (χ0n) is 12.4. The SMILES string of the molecule is CC(C)C[C@H](NC(=O)c1cccc(-n2cncn2)c1)C(=O)O. The summed E-state index contributed by atoms with van der Waals surface area (Å²) in [4.78, 5) is 27.3. The lowest BCUT2D eigenvalue weighted by Gasteiger charge is -2.16. The minimum atomic E-state index is -1.03. The van der Waals surface area contributed by atoms with Crippen molar-refractivity contribution in [2.24, 2.45) is 5.92 Å². The summed E-state index contributed by atoms with van der Waals surface area (Å²) in [6, 6.07) is 5.86. The first-order chi connectivity index (χ1) is 10.5. The molecule has 7 heteroatoms. The van der Waals surface area contributed by atoms with Crippen LogP contribution in [0.25, 0.3) is 5.69 Å². The molecule has 2 aromatic rings. The smallest absolute Gasteiger partial charge is 0.326 e. The molecule has 1 heterocycles. The molecule has 0 radical (unpaired) electrons. The van der Waals surface area contributed by atoms with Crippen molar-refractivity contribution in [2.75, 3.05) is 0 Å². The number of carboxylic acids is 1. The van der Waals surface area contributed by atoms with E-state index in [1.165, 1.54) is 17.3 Å². The summed E-state index contributed by atoms with van der Waals surface area (Å²) >= 11 is 0. The van der Waals surface area contributed by atoms with Crippen molar-refractivity contribution in [3.63, 3.8) is 0 Å². The van der Waals surface area contributed by atoms with Crippen LogP contribution in [0.3, 0.4) is 0 Å². The Bertz CT molecular complexity index is 653. The summed E-state index contributed by atoms with van der Waals surface area (Å²) < 4.78 is 1.53. The Hall–Kier alpha value is -2.70. The molecular formula is C15H18N4O3. The number of carbonyl (C=O) groups excluding carboxylic acids is 1. The number of carbonyl (C=O) groups is 2. The van der Waals surface area contributed by atoms with Crippen LogP contribution in [0.5, 0.6) is 0 Å². The summed E-state index contributed by atoms with van der Waals surface area (Å²) in [5.41, 5.74) is 1.06. The van der Waals surface area contributed by atoms with Crippen LogP contribution in [-0.4, -0.2) is 37.8 Å². The van der Waals surface area contributed by atoms with Crippen LogP contribution < -0.4 is 5.32 Å². The third kappa shape index (κ3) is 3.91. The molecule has 0 saturated heterocycles. The van der Waals surface area contributed by atoms with E-state index in [0.29, 0.717) is 17.7 Å². The van der Waals surface area contributed by atoms with Gasteiger partial charge in [0.2, 0.25) is 0 Å². The second-order valence-electron chi connectivity index (χ2n) is 5.38. The minimum absolute atomic E-state index is 0.169. The number of benzene rings is 1. The molecule has 0 aliphatic heterocycles. The van der Waals surface area contributed by atoms with Gasteiger partial charge in [0.05, 0.1) is 5.69 Å². The number of hydrogen-bond donors (Lipinski definition) is 2. The van der Waals surface area contributed by atoms with Crippen molar-refractivity contribution < 1.29 is 14.7 Å². The van der Waals surface area contributed by atoms with E-state index in [4.69, 9.17) is 0 Å². The average molecular weight is 302 g/mol. The molecule has 1 aromatic carbocycles. The van der Waals surface area contributed by atoms with Gasteiger partial charge in [-0.3, -0.25) is 4.79 Å². The monoisotopic (exact) mass is 302 g/mol. The Kier molecular flexibility index (Phi) is 4.88. The van der Waals surface area contributed by atoms with Gasteiger partial charge in [0.25, 0.3) is 5.91 Å². The molecule has 1 atom stereocenters. The maximum absolute atomic E-state index is 12.2. The van der Waals surface area contributed by atoms with E-state index in [2.05, 4.69) is 15.4 Å². The third-order valence-electron chi connectivity index (χ3n) is 3.10.